The number of thiazole rings is 1. The van der Waals surface area contributed by atoms with Crippen molar-refractivity contribution in [3.63, 3.8) is 0 Å². The molecule has 4 heteroatoms. The van der Waals surface area contributed by atoms with Gasteiger partial charge >= 0.3 is 0 Å². The number of aryl methyl sites for hydroxylation is 1. The van der Waals surface area contributed by atoms with Gasteiger partial charge in [-0.25, -0.2) is 4.98 Å². The van der Waals surface area contributed by atoms with Crippen LogP contribution in [0.25, 0.3) is 0 Å². The molecule has 5 unspecified atom stereocenters. The first-order chi connectivity index (χ1) is 8.22. The number of hydrogen-bond donors (Lipinski definition) is 1. The second-order valence-electron chi connectivity index (χ2n) is 5.92. The van der Waals surface area contributed by atoms with E-state index in [9.17, 15) is 5.11 Å². The summed E-state index contributed by atoms with van der Waals surface area (Å²) in [5.41, 5.74) is 1.18. The highest BCUT2D eigenvalue weighted by Gasteiger charge is 2.58. The number of aromatic nitrogens is 1. The molecule has 3 fully saturated rings. The van der Waals surface area contributed by atoms with Crippen molar-refractivity contribution in [1.29, 1.82) is 0 Å². The van der Waals surface area contributed by atoms with Crippen LogP contribution in [0.3, 0.4) is 0 Å². The SMILES string of the molecule is Cc1nc(CN2CC3CC4CC3C2C4O)cs1. The molecule has 0 spiro atoms. The molecule has 2 saturated carbocycles. The fourth-order valence-corrected chi connectivity index (χ4v) is 5.01. The molecule has 92 valence electrons. The van der Waals surface area contributed by atoms with E-state index >= 15 is 0 Å². The van der Waals surface area contributed by atoms with E-state index < -0.39 is 0 Å². The van der Waals surface area contributed by atoms with Crippen LogP contribution in [0.15, 0.2) is 5.38 Å². The number of likely N-dealkylation sites (tertiary alicyclic amines) is 1. The largest absolute Gasteiger partial charge is 0.391 e. The molecule has 2 aliphatic carbocycles. The molecule has 17 heavy (non-hydrogen) atoms. The van der Waals surface area contributed by atoms with Crippen molar-refractivity contribution in [2.45, 2.75) is 38.5 Å². The molecule has 3 aliphatic rings. The number of hydrogen-bond acceptors (Lipinski definition) is 4. The summed E-state index contributed by atoms with van der Waals surface area (Å²) >= 11 is 1.72. The van der Waals surface area contributed by atoms with Crippen LogP contribution in [0.4, 0.5) is 0 Å². The van der Waals surface area contributed by atoms with E-state index in [1.165, 1.54) is 25.1 Å². The van der Waals surface area contributed by atoms with Crippen LogP contribution in [-0.4, -0.2) is 33.7 Å². The van der Waals surface area contributed by atoms with Gasteiger partial charge in [0, 0.05) is 24.5 Å². The van der Waals surface area contributed by atoms with Gasteiger partial charge in [-0.05, 0) is 37.5 Å². The van der Waals surface area contributed by atoms with Gasteiger partial charge in [-0.2, -0.15) is 0 Å². The van der Waals surface area contributed by atoms with Crippen molar-refractivity contribution in [1.82, 2.24) is 9.88 Å². The second-order valence-corrected chi connectivity index (χ2v) is 6.99. The summed E-state index contributed by atoms with van der Waals surface area (Å²) in [4.78, 5) is 7.03. The zero-order valence-corrected chi connectivity index (χ0v) is 10.9. The normalized spacial score (nSPS) is 43.8. The second kappa shape index (κ2) is 3.53. The summed E-state index contributed by atoms with van der Waals surface area (Å²) in [6.45, 7) is 4.17. The monoisotopic (exact) mass is 250 g/mol. The topological polar surface area (TPSA) is 36.4 Å². The number of fused-ring (bicyclic) bond motifs is 1. The van der Waals surface area contributed by atoms with Crippen molar-refractivity contribution in [3.05, 3.63) is 16.1 Å². The maximum Gasteiger partial charge on any atom is 0.0897 e. The molecule has 3 nitrogen and oxygen atoms in total. The lowest BCUT2D eigenvalue weighted by atomic mass is 9.88. The minimum atomic E-state index is -0.0708. The van der Waals surface area contributed by atoms with Crippen molar-refractivity contribution >= 4 is 11.3 Å². The standard InChI is InChI=1S/C13H18N2OS/c1-7-14-10(6-17-7)5-15-4-9-2-8-3-11(9)12(15)13(8)16/h6,8-9,11-13,16H,2-5H2,1H3. The third-order valence-electron chi connectivity index (χ3n) is 4.98. The van der Waals surface area contributed by atoms with Gasteiger partial charge in [0.1, 0.15) is 0 Å². The Bertz CT molecular complexity index is 444. The molecule has 0 radical (unpaired) electrons. The molecule has 1 aliphatic heterocycles. The molecule has 5 atom stereocenters. The van der Waals surface area contributed by atoms with Crippen molar-refractivity contribution in [3.8, 4) is 0 Å². The lowest BCUT2D eigenvalue weighted by Gasteiger charge is -2.28. The Morgan fingerprint density at radius 3 is 3.06 bits per heavy atom. The van der Waals surface area contributed by atoms with Gasteiger partial charge < -0.3 is 5.11 Å². The van der Waals surface area contributed by atoms with Crippen molar-refractivity contribution in [2.24, 2.45) is 17.8 Å². The van der Waals surface area contributed by atoms with Gasteiger partial charge in [0.25, 0.3) is 0 Å². The van der Waals surface area contributed by atoms with E-state index in [4.69, 9.17) is 0 Å². The predicted molar refractivity (Wildman–Crippen MR) is 66.8 cm³/mol. The number of aliphatic hydroxyl groups excluding tert-OH is 1. The minimum Gasteiger partial charge on any atom is -0.391 e. The van der Waals surface area contributed by atoms with E-state index in [2.05, 4.69) is 22.2 Å². The van der Waals surface area contributed by atoms with E-state index in [0.29, 0.717) is 12.0 Å². The summed E-state index contributed by atoms with van der Waals surface area (Å²) in [6.07, 6.45) is 2.45. The van der Waals surface area contributed by atoms with Gasteiger partial charge in [-0.15, -0.1) is 11.3 Å². The lowest BCUT2D eigenvalue weighted by molar-refractivity contribution is 0.0481. The average molecular weight is 250 g/mol. The lowest BCUT2D eigenvalue weighted by Crippen LogP contribution is -2.40. The maximum absolute atomic E-state index is 10.3. The summed E-state index contributed by atoms with van der Waals surface area (Å²) in [6, 6.07) is 0.431. The number of rotatable bonds is 2. The fourth-order valence-electron chi connectivity index (χ4n) is 4.41. The van der Waals surface area contributed by atoms with Gasteiger partial charge in [-0.3, -0.25) is 4.90 Å². The minimum absolute atomic E-state index is 0.0708. The van der Waals surface area contributed by atoms with E-state index in [1.807, 2.05) is 0 Å². The first kappa shape index (κ1) is 10.5. The highest BCUT2D eigenvalue weighted by Crippen LogP contribution is 2.55. The smallest absolute Gasteiger partial charge is 0.0897 e. The molecule has 2 heterocycles. The number of aliphatic hydroxyl groups is 1. The molecular weight excluding hydrogens is 232 g/mol. The molecule has 0 amide bonds. The third-order valence-corrected chi connectivity index (χ3v) is 5.80. The van der Waals surface area contributed by atoms with E-state index in [-0.39, 0.29) is 6.10 Å². The van der Waals surface area contributed by atoms with Crippen LogP contribution in [0.5, 0.6) is 0 Å². The molecule has 1 aromatic rings. The van der Waals surface area contributed by atoms with Crippen LogP contribution in [-0.2, 0) is 6.54 Å². The van der Waals surface area contributed by atoms with E-state index in [0.717, 1.165) is 23.4 Å². The zero-order valence-electron chi connectivity index (χ0n) is 10.0. The molecule has 1 aromatic heterocycles. The van der Waals surface area contributed by atoms with Crippen LogP contribution in [0, 0.1) is 24.7 Å². The summed E-state index contributed by atoms with van der Waals surface area (Å²) in [5.74, 6) is 2.22. The van der Waals surface area contributed by atoms with Gasteiger partial charge in [0.15, 0.2) is 0 Å². The first-order valence-corrected chi connectivity index (χ1v) is 7.43. The molecule has 0 aromatic carbocycles. The van der Waals surface area contributed by atoms with Crippen molar-refractivity contribution in [2.75, 3.05) is 6.54 Å². The first-order valence-electron chi connectivity index (χ1n) is 6.55. The van der Waals surface area contributed by atoms with Gasteiger partial charge in [0.2, 0.25) is 0 Å². The Balaban J connectivity index is 1.56. The van der Waals surface area contributed by atoms with Crippen LogP contribution in [0.1, 0.15) is 23.5 Å². The van der Waals surface area contributed by atoms with Crippen LogP contribution < -0.4 is 0 Å². The summed E-state index contributed by atoms with van der Waals surface area (Å²) in [7, 11) is 0. The van der Waals surface area contributed by atoms with Gasteiger partial charge in [-0.1, -0.05) is 0 Å². The van der Waals surface area contributed by atoms with Gasteiger partial charge in [0.05, 0.1) is 16.8 Å². The van der Waals surface area contributed by atoms with Crippen LogP contribution in [0.2, 0.25) is 0 Å². The summed E-state index contributed by atoms with van der Waals surface area (Å²) in [5, 5.41) is 13.6. The van der Waals surface area contributed by atoms with E-state index in [1.54, 1.807) is 11.3 Å². The highest BCUT2D eigenvalue weighted by atomic mass is 32.1. The number of nitrogens with zero attached hydrogens (tertiary/aromatic N) is 2. The Morgan fingerprint density at radius 2 is 2.35 bits per heavy atom. The third kappa shape index (κ3) is 1.44. The molecule has 1 N–H and O–H groups in total. The molecular formula is C13H18N2OS. The molecule has 1 saturated heterocycles. The Kier molecular flexibility index (Phi) is 2.17. The maximum atomic E-state index is 10.3. The molecule has 4 rings (SSSR count). The average Bonchev–Trinajstić information content (AvgIpc) is 2.95. The summed E-state index contributed by atoms with van der Waals surface area (Å²) < 4.78 is 0. The Morgan fingerprint density at radius 1 is 1.47 bits per heavy atom. The Labute approximate surface area is 105 Å². The van der Waals surface area contributed by atoms with Crippen molar-refractivity contribution < 1.29 is 5.11 Å². The van der Waals surface area contributed by atoms with Crippen LogP contribution >= 0.6 is 11.3 Å². The quantitative estimate of drug-likeness (QED) is 0.867. The fraction of sp³-hybridized carbons (Fsp3) is 0.769. The Hall–Kier alpha value is -0.450. The molecule has 2 bridgehead atoms. The highest BCUT2D eigenvalue weighted by molar-refractivity contribution is 7.09. The predicted octanol–water partition coefficient (Wildman–Crippen LogP) is 1.65. The zero-order chi connectivity index (χ0) is 11.6.